The van der Waals surface area contributed by atoms with Crippen molar-refractivity contribution in [1.82, 2.24) is 10.6 Å². The van der Waals surface area contributed by atoms with Gasteiger partial charge in [-0.05, 0) is 45.2 Å². The fraction of sp³-hybridized carbons (Fsp3) is 0.800. The van der Waals surface area contributed by atoms with E-state index in [9.17, 15) is 24.0 Å². The molecule has 0 heterocycles. The first-order valence-corrected chi connectivity index (χ1v) is 12.6. The van der Waals surface area contributed by atoms with Crippen LogP contribution < -0.4 is 22.1 Å². The number of nitrogens with zero attached hydrogens (tertiary/aromatic N) is 2. The quantitative estimate of drug-likeness (QED) is 0.0655. The lowest BCUT2D eigenvalue weighted by Gasteiger charge is -2.04. The third-order valence-corrected chi connectivity index (χ3v) is 4.17. The zero-order chi connectivity index (χ0) is 30.4. The highest BCUT2D eigenvalue weighted by Gasteiger charge is 1.98. The lowest BCUT2D eigenvalue weighted by Crippen LogP contribution is -2.24. The minimum atomic E-state index is -0.657. The fourth-order valence-corrected chi connectivity index (χ4v) is 2.17. The summed E-state index contributed by atoms with van der Waals surface area (Å²) in [5.41, 5.74) is 10.6. The number of nitrogens with two attached hydrogens (primary N) is 2. The van der Waals surface area contributed by atoms with Crippen molar-refractivity contribution < 1.29 is 49.8 Å². The van der Waals surface area contributed by atoms with Crippen molar-refractivity contribution in [3.05, 3.63) is 0 Å². The van der Waals surface area contributed by atoms with Gasteiger partial charge in [-0.2, -0.15) is 0 Å². The number of carbonyl (C=O) groups excluding carboxylic acids is 5. The van der Waals surface area contributed by atoms with Crippen molar-refractivity contribution in [2.75, 3.05) is 67.7 Å². The van der Waals surface area contributed by atoms with Crippen LogP contribution in [0, 0.1) is 0 Å². The summed E-state index contributed by atoms with van der Waals surface area (Å²) in [5.74, 6) is 0. The molecule has 16 heteroatoms. The zero-order valence-corrected chi connectivity index (χ0v) is 24.3. The normalized spacial score (nSPS) is 8.15. The van der Waals surface area contributed by atoms with Crippen LogP contribution in [-0.4, -0.2) is 104 Å². The molecule has 0 rings (SSSR count). The molecule has 0 bridgehead atoms. The highest BCUT2D eigenvalue weighted by Crippen LogP contribution is 1.98. The second-order valence-corrected chi connectivity index (χ2v) is 7.20. The van der Waals surface area contributed by atoms with Gasteiger partial charge in [-0.3, -0.25) is 0 Å². The highest BCUT2D eigenvalue weighted by atomic mass is 16.7. The molecular formula is C25H56N6O10. The molecule has 0 saturated carbocycles. The van der Waals surface area contributed by atoms with E-state index in [2.05, 4.69) is 39.6 Å². The van der Waals surface area contributed by atoms with Gasteiger partial charge in [0.2, 0.25) is 12.2 Å². The minimum absolute atomic E-state index is 0. The summed E-state index contributed by atoms with van der Waals surface area (Å²) in [6.45, 7) is 3.66. The van der Waals surface area contributed by atoms with E-state index >= 15 is 0 Å². The highest BCUT2D eigenvalue weighted by molar-refractivity contribution is 5.67. The maximum absolute atomic E-state index is 10.7. The Labute approximate surface area is 245 Å². The van der Waals surface area contributed by atoms with Crippen molar-refractivity contribution >= 4 is 30.5 Å². The predicted octanol–water partition coefficient (Wildman–Crippen LogP) is 2.23. The average Bonchev–Trinajstić information content (AvgIpc) is 2.96. The fourth-order valence-electron chi connectivity index (χ4n) is 2.17. The summed E-state index contributed by atoms with van der Waals surface area (Å²) < 4.78 is 16.9. The van der Waals surface area contributed by atoms with E-state index in [1.807, 2.05) is 0 Å². The topological polar surface area (TPSA) is 255 Å². The number of nitrogens with one attached hydrogen (secondary N) is 2. The van der Waals surface area contributed by atoms with Gasteiger partial charge < -0.3 is 46.5 Å². The first kappa shape index (κ1) is 50.3. The molecule has 0 aliphatic rings. The molecule has 0 radical (unpaired) electrons. The van der Waals surface area contributed by atoms with Gasteiger partial charge in [0.1, 0.15) is 0 Å². The molecule has 0 aromatic heterocycles. The Hall–Kier alpha value is -3.55. The number of isocyanates is 2. The number of aliphatic imine (C=N–C) groups is 2. The van der Waals surface area contributed by atoms with E-state index in [0.29, 0.717) is 32.6 Å². The first-order chi connectivity index (χ1) is 18.8. The number of ether oxygens (including phenoxy) is 4. The minimum Gasteiger partial charge on any atom is -0.453 e. The van der Waals surface area contributed by atoms with Gasteiger partial charge >= 0.3 is 18.3 Å². The molecule has 0 fully saturated rings. The van der Waals surface area contributed by atoms with Crippen LogP contribution in [-0.2, 0) is 28.5 Å². The smallest absolute Gasteiger partial charge is 0.453 e. The summed E-state index contributed by atoms with van der Waals surface area (Å²) in [5, 5.41) is 5.20. The number of amides is 2. The number of hydrogen-bond donors (Lipinski definition) is 4. The van der Waals surface area contributed by atoms with E-state index in [4.69, 9.17) is 11.5 Å². The Morgan fingerprint density at radius 1 is 0.634 bits per heavy atom. The van der Waals surface area contributed by atoms with Crippen LogP contribution in [0.2, 0.25) is 0 Å². The number of unbranched alkanes of at least 4 members (excludes halogenated alkanes) is 6. The Bertz CT molecular complexity index is 614. The monoisotopic (exact) mass is 601 g/mol. The molecule has 0 spiro atoms. The Kier molecular flexibility index (Phi) is 60.6. The van der Waals surface area contributed by atoms with Gasteiger partial charge in [-0.25, -0.2) is 34.0 Å². The second kappa shape index (κ2) is 49.4. The predicted molar refractivity (Wildman–Crippen MR) is 158 cm³/mol. The van der Waals surface area contributed by atoms with Gasteiger partial charge in [-0.15, -0.1) is 0 Å². The van der Waals surface area contributed by atoms with E-state index in [0.717, 1.165) is 51.6 Å². The number of carbonyl (C=O) groups is 3. The number of hydrogen-bond acceptors (Lipinski definition) is 13. The van der Waals surface area contributed by atoms with Crippen LogP contribution >= 0.6 is 0 Å². The molecule has 0 aromatic carbocycles. The summed E-state index contributed by atoms with van der Waals surface area (Å²) >= 11 is 0. The average molecular weight is 602 g/mol. The zero-order valence-electron chi connectivity index (χ0n) is 24.3. The molecule has 0 aromatic rings. The SMILES string of the molecule is C.COC(=O)NCCCCCCNC(=O)OC.COC(=O)OC.NCCCCCCN.O.O=C=NCCCN=C=O.[2HH]. The molecule has 0 saturated heterocycles. The summed E-state index contributed by atoms with van der Waals surface area (Å²) in [6.07, 6.45) is 10.5. The lowest BCUT2D eigenvalue weighted by molar-refractivity contribution is 0.0924. The van der Waals surface area contributed by atoms with Gasteiger partial charge in [0, 0.05) is 14.5 Å². The molecule has 0 unspecified atom stereocenters. The third-order valence-electron chi connectivity index (χ3n) is 4.17. The maximum atomic E-state index is 10.7. The molecule has 41 heavy (non-hydrogen) atoms. The van der Waals surface area contributed by atoms with Gasteiger partial charge in [0.15, 0.2) is 0 Å². The molecule has 0 aliphatic carbocycles. The molecular weight excluding hydrogens is 544 g/mol. The molecule has 246 valence electrons. The van der Waals surface area contributed by atoms with Crippen molar-refractivity contribution in [3.8, 4) is 0 Å². The Morgan fingerprint density at radius 3 is 1.22 bits per heavy atom. The largest absolute Gasteiger partial charge is 0.507 e. The van der Waals surface area contributed by atoms with E-state index in [1.165, 1.54) is 53.4 Å². The van der Waals surface area contributed by atoms with Crippen LogP contribution in [0.5, 0.6) is 0 Å². The van der Waals surface area contributed by atoms with Gasteiger partial charge in [0.25, 0.3) is 0 Å². The maximum Gasteiger partial charge on any atom is 0.507 e. The Morgan fingerprint density at radius 2 is 0.976 bits per heavy atom. The molecule has 8 N–H and O–H groups in total. The van der Waals surface area contributed by atoms with E-state index in [1.54, 1.807) is 0 Å². The van der Waals surface area contributed by atoms with Crippen molar-refractivity contribution in [2.45, 2.75) is 65.2 Å². The van der Waals surface area contributed by atoms with Crippen molar-refractivity contribution in [1.29, 1.82) is 0 Å². The van der Waals surface area contributed by atoms with Crippen LogP contribution in [0.4, 0.5) is 14.4 Å². The summed E-state index contributed by atoms with van der Waals surface area (Å²) in [4.78, 5) is 56.4. The summed E-state index contributed by atoms with van der Waals surface area (Å²) in [7, 11) is 5.19. The first-order valence-electron chi connectivity index (χ1n) is 12.6. The van der Waals surface area contributed by atoms with Gasteiger partial charge in [-0.1, -0.05) is 33.1 Å². The third kappa shape index (κ3) is 61.8. The number of methoxy groups -OCH3 is 4. The van der Waals surface area contributed by atoms with E-state index in [-0.39, 0.29) is 14.3 Å². The molecule has 0 aliphatic heterocycles. The van der Waals surface area contributed by atoms with Crippen LogP contribution in [0.3, 0.4) is 0 Å². The number of alkyl carbamates (subject to hydrolysis) is 2. The van der Waals surface area contributed by atoms with Crippen LogP contribution in [0.25, 0.3) is 0 Å². The summed E-state index contributed by atoms with van der Waals surface area (Å²) in [6, 6.07) is 0. The molecule has 0 atom stereocenters. The van der Waals surface area contributed by atoms with E-state index < -0.39 is 18.3 Å². The van der Waals surface area contributed by atoms with Crippen LogP contribution in [0.1, 0.15) is 66.6 Å². The van der Waals surface area contributed by atoms with Gasteiger partial charge in [0.05, 0.1) is 41.5 Å². The molecule has 16 nitrogen and oxygen atoms in total. The Balaban J connectivity index is -0.0000000815. The molecule has 2 amide bonds. The lowest BCUT2D eigenvalue weighted by atomic mass is 10.2. The van der Waals surface area contributed by atoms with Crippen molar-refractivity contribution in [3.63, 3.8) is 0 Å². The standard InChI is InChI=1S/C10H20N2O4.C6H16N2.C5H6N2O2.C3H6O3.CH4.H2O.H2/c1-15-9(13)11-7-5-3-4-6-8-12-10(14)16-2;7-5-3-1-2-4-6-8;8-4-6-2-1-3-7-5-9;1-5-3(4)6-2;;;/h3-8H2,1-2H3,(H,11,13)(H,12,14);1-8H2;1-3H2;1-2H3;1H4;1H2;1H/i;;;;;;1+1. The van der Waals surface area contributed by atoms with Crippen molar-refractivity contribution in [2.24, 2.45) is 21.5 Å². The van der Waals surface area contributed by atoms with Crippen LogP contribution in [0.15, 0.2) is 9.98 Å². The second-order valence-electron chi connectivity index (χ2n) is 7.20. The number of rotatable bonds is 16.